The molecule has 0 amide bonds. The maximum Gasteiger partial charge on any atom is 0.109 e. The highest BCUT2D eigenvalue weighted by Crippen LogP contribution is 2.36. The van der Waals surface area contributed by atoms with Gasteiger partial charge in [0.1, 0.15) is 5.82 Å². The van der Waals surface area contributed by atoms with Crippen molar-refractivity contribution in [1.82, 2.24) is 9.55 Å². The van der Waals surface area contributed by atoms with Gasteiger partial charge in [-0.3, -0.25) is 0 Å². The van der Waals surface area contributed by atoms with Crippen molar-refractivity contribution < 1.29 is 4.74 Å². The van der Waals surface area contributed by atoms with Gasteiger partial charge in [0.15, 0.2) is 0 Å². The normalized spacial score (nSPS) is 18.2. The van der Waals surface area contributed by atoms with Gasteiger partial charge in [-0.05, 0) is 31.4 Å². The van der Waals surface area contributed by atoms with Gasteiger partial charge in [0, 0.05) is 36.9 Å². The third-order valence-electron chi connectivity index (χ3n) is 4.54. The summed E-state index contributed by atoms with van der Waals surface area (Å²) in [6.45, 7) is 5.01. The Morgan fingerprint density at radius 3 is 2.76 bits per heavy atom. The molecule has 4 heteroatoms. The van der Waals surface area contributed by atoms with Crippen molar-refractivity contribution in [2.24, 2.45) is 5.41 Å². The Balaban J connectivity index is 1.99. The van der Waals surface area contributed by atoms with Crippen LogP contribution in [0.25, 0.3) is 11.0 Å². The number of halogens is 1. The molecule has 1 aliphatic heterocycles. The molecule has 0 N–H and O–H groups in total. The van der Waals surface area contributed by atoms with Crippen molar-refractivity contribution in [3.05, 3.63) is 30.1 Å². The van der Waals surface area contributed by atoms with Crippen molar-refractivity contribution in [1.29, 1.82) is 0 Å². The molecule has 0 bridgehead atoms. The van der Waals surface area contributed by atoms with Crippen molar-refractivity contribution in [2.45, 2.75) is 39.2 Å². The number of hydrogen-bond acceptors (Lipinski definition) is 2. The first-order valence-electron chi connectivity index (χ1n) is 7.86. The largest absolute Gasteiger partial charge is 0.381 e. The van der Waals surface area contributed by atoms with Gasteiger partial charge in [-0.25, -0.2) is 4.98 Å². The zero-order valence-corrected chi connectivity index (χ0v) is 14.2. The predicted molar refractivity (Wildman–Crippen MR) is 90.0 cm³/mol. The third kappa shape index (κ3) is 3.02. The molecule has 0 unspecified atom stereocenters. The Labute approximate surface area is 134 Å². The maximum absolute atomic E-state index is 5.57. The first-order chi connectivity index (χ1) is 10.3. The van der Waals surface area contributed by atoms with E-state index in [9.17, 15) is 0 Å². The summed E-state index contributed by atoms with van der Waals surface area (Å²) >= 11 is 3.75. The monoisotopic (exact) mass is 350 g/mol. The topological polar surface area (TPSA) is 27.1 Å². The van der Waals surface area contributed by atoms with Gasteiger partial charge in [-0.1, -0.05) is 35.0 Å². The van der Waals surface area contributed by atoms with Crippen molar-refractivity contribution in [2.75, 3.05) is 18.5 Å². The van der Waals surface area contributed by atoms with Crippen LogP contribution in [-0.4, -0.2) is 28.1 Å². The van der Waals surface area contributed by atoms with Crippen LogP contribution >= 0.6 is 15.9 Å². The molecule has 2 heterocycles. The van der Waals surface area contributed by atoms with Gasteiger partial charge in [0.25, 0.3) is 0 Å². The van der Waals surface area contributed by atoms with Crippen molar-refractivity contribution >= 4 is 27.0 Å². The van der Waals surface area contributed by atoms with E-state index in [1.165, 1.54) is 11.3 Å². The van der Waals surface area contributed by atoms with Gasteiger partial charge in [0.2, 0.25) is 0 Å². The van der Waals surface area contributed by atoms with Crippen molar-refractivity contribution in [3.63, 3.8) is 0 Å². The highest BCUT2D eigenvalue weighted by Gasteiger charge is 2.33. The number of ether oxygens (including phenoxy) is 1. The van der Waals surface area contributed by atoms with E-state index in [1.807, 2.05) is 0 Å². The highest BCUT2D eigenvalue weighted by molar-refractivity contribution is 9.09. The molecule has 1 aromatic heterocycles. The second kappa shape index (κ2) is 6.49. The summed E-state index contributed by atoms with van der Waals surface area (Å²) in [5.74, 6) is 1.23. The average Bonchev–Trinajstić information content (AvgIpc) is 2.86. The standard InChI is InChI=1S/C17H23BrN2O/c1-2-5-16-19-14-6-3-4-7-15(14)20(16)13-17(12-18)8-10-21-11-9-17/h3-4,6-7H,2,5,8-13H2,1H3. The Hall–Kier alpha value is -0.870. The second-order valence-corrected chi connectivity index (χ2v) is 6.66. The van der Waals surface area contributed by atoms with E-state index in [1.54, 1.807) is 0 Å². The molecule has 1 fully saturated rings. The lowest BCUT2D eigenvalue weighted by atomic mass is 9.82. The molecule has 2 aromatic rings. The van der Waals surface area contributed by atoms with Gasteiger partial charge in [0.05, 0.1) is 11.0 Å². The minimum absolute atomic E-state index is 0.296. The molecule has 0 radical (unpaired) electrons. The van der Waals surface area contributed by atoms with E-state index >= 15 is 0 Å². The van der Waals surface area contributed by atoms with E-state index in [0.29, 0.717) is 5.41 Å². The van der Waals surface area contributed by atoms with Crippen LogP contribution in [0.5, 0.6) is 0 Å². The first kappa shape index (κ1) is 15.0. The Kier molecular flexibility index (Phi) is 4.65. The molecule has 1 aliphatic rings. The van der Waals surface area contributed by atoms with Crippen LogP contribution < -0.4 is 0 Å². The fourth-order valence-electron chi connectivity index (χ4n) is 3.19. The molecule has 0 atom stereocenters. The number of rotatable bonds is 5. The average molecular weight is 351 g/mol. The molecule has 0 aliphatic carbocycles. The zero-order valence-electron chi connectivity index (χ0n) is 12.6. The summed E-state index contributed by atoms with van der Waals surface area (Å²) in [7, 11) is 0. The number of alkyl halides is 1. The molecule has 0 spiro atoms. The van der Waals surface area contributed by atoms with Crippen LogP contribution in [0.2, 0.25) is 0 Å². The van der Waals surface area contributed by atoms with E-state index in [0.717, 1.165) is 56.3 Å². The number of aryl methyl sites for hydroxylation is 1. The molecule has 0 saturated carbocycles. The Morgan fingerprint density at radius 2 is 2.05 bits per heavy atom. The first-order valence-corrected chi connectivity index (χ1v) is 8.98. The number of nitrogens with zero attached hydrogens (tertiary/aromatic N) is 2. The second-order valence-electron chi connectivity index (χ2n) is 6.10. The molecule has 114 valence electrons. The van der Waals surface area contributed by atoms with Crippen LogP contribution in [0.15, 0.2) is 24.3 Å². The summed E-state index contributed by atoms with van der Waals surface area (Å²) < 4.78 is 8.02. The van der Waals surface area contributed by atoms with Crippen LogP contribution in [0.1, 0.15) is 32.0 Å². The van der Waals surface area contributed by atoms with Gasteiger partial charge in [-0.2, -0.15) is 0 Å². The number of imidazole rings is 1. The summed E-state index contributed by atoms with van der Waals surface area (Å²) in [6, 6.07) is 8.50. The van der Waals surface area contributed by atoms with E-state index < -0.39 is 0 Å². The number of aromatic nitrogens is 2. The van der Waals surface area contributed by atoms with Crippen molar-refractivity contribution in [3.8, 4) is 0 Å². The molecule has 1 saturated heterocycles. The number of fused-ring (bicyclic) bond motifs is 1. The lowest BCUT2D eigenvalue weighted by molar-refractivity contribution is 0.0187. The van der Waals surface area contributed by atoms with Crippen LogP contribution in [0.3, 0.4) is 0 Å². The SMILES string of the molecule is CCCc1nc2ccccc2n1CC1(CBr)CCOCC1. The summed E-state index contributed by atoms with van der Waals surface area (Å²) in [6.07, 6.45) is 4.42. The fourth-order valence-corrected chi connectivity index (χ4v) is 3.93. The van der Waals surface area contributed by atoms with Gasteiger partial charge >= 0.3 is 0 Å². The smallest absolute Gasteiger partial charge is 0.109 e. The highest BCUT2D eigenvalue weighted by atomic mass is 79.9. The molecule has 3 rings (SSSR count). The van der Waals surface area contributed by atoms with Crippen LogP contribution in [0, 0.1) is 5.41 Å². The maximum atomic E-state index is 5.57. The van der Waals surface area contributed by atoms with E-state index in [2.05, 4.69) is 51.7 Å². The predicted octanol–water partition coefficient (Wildman–Crippen LogP) is 4.18. The minimum atomic E-state index is 0.296. The fraction of sp³-hybridized carbons (Fsp3) is 0.588. The number of hydrogen-bond donors (Lipinski definition) is 0. The molecule has 21 heavy (non-hydrogen) atoms. The van der Waals surface area contributed by atoms with Crippen LogP contribution in [0.4, 0.5) is 0 Å². The lowest BCUT2D eigenvalue weighted by Gasteiger charge is -2.36. The molecule has 3 nitrogen and oxygen atoms in total. The number of benzene rings is 1. The van der Waals surface area contributed by atoms with Gasteiger partial charge in [-0.15, -0.1) is 0 Å². The van der Waals surface area contributed by atoms with E-state index in [4.69, 9.17) is 9.72 Å². The quantitative estimate of drug-likeness (QED) is 0.756. The Morgan fingerprint density at radius 1 is 1.29 bits per heavy atom. The lowest BCUT2D eigenvalue weighted by Crippen LogP contribution is -2.35. The van der Waals surface area contributed by atoms with Crippen LogP contribution in [-0.2, 0) is 17.7 Å². The molecular formula is C17H23BrN2O. The summed E-state index contributed by atoms with van der Waals surface area (Å²) in [4.78, 5) is 4.85. The summed E-state index contributed by atoms with van der Waals surface area (Å²) in [5, 5.41) is 1.03. The zero-order chi connectivity index (χ0) is 14.7. The summed E-state index contributed by atoms with van der Waals surface area (Å²) in [5.41, 5.74) is 2.69. The number of para-hydroxylation sites is 2. The Bertz CT molecular complexity index is 602. The third-order valence-corrected chi connectivity index (χ3v) is 5.73. The molecule has 1 aromatic carbocycles. The minimum Gasteiger partial charge on any atom is -0.381 e. The van der Waals surface area contributed by atoms with Gasteiger partial charge < -0.3 is 9.30 Å². The molecular weight excluding hydrogens is 328 g/mol. The van der Waals surface area contributed by atoms with E-state index in [-0.39, 0.29) is 0 Å².